The van der Waals surface area contributed by atoms with Gasteiger partial charge in [-0.05, 0) is 52.3 Å². The van der Waals surface area contributed by atoms with Crippen LogP contribution in [0, 0.1) is 13.8 Å². The van der Waals surface area contributed by atoms with Gasteiger partial charge in [0.15, 0.2) is 5.78 Å². The monoisotopic (exact) mass is 245 g/mol. The zero-order chi connectivity index (χ0) is 13.1. The van der Waals surface area contributed by atoms with Crippen LogP contribution in [0.5, 0.6) is 0 Å². The lowest BCUT2D eigenvalue weighted by Gasteiger charge is -2.20. The molecule has 1 aromatic carbocycles. The third-order valence-corrected chi connectivity index (χ3v) is 3.86. The third-order valence-electron chi connectivity index (χ3n) is 3.86. The van der Waals surface area contributed by atoms with Crippen molar-refractivity contribution in [3.8, 4) is 0 Å². The maximum absolute atomic E-state index is 12.2. The highest BCUT2D eigenvalue weighted by Crippen LogP contribution is 2.17. The molecule has 1 aromatic rings. The Kier molecular flexibility index (Phi) is 4.18. The van der Waals surface area contributed by atoms with Gasteiger partial charge in [0.05, 0.1) is 0 Å². The SMILES string of the molecule is Cc1cc(C)cc(C(=O)CCN2CCCC2C)c1. The predicted molar refractivity (Wildman–Crippen MR) is 75.1 cm³/mol. The number of benzene rings is 1. The minimum absolute atomic E-state index is 0.279. The molecular weight excluding hydrogens is 222 g/mol. The Morgan fingerprint density at radius 3 is 2.50 bits per heavy atom. The molecule has 1 aliphatic rings. The van der Waals surface area contributed by atoms with E-state index >= 15 is 0 Å². The van der Waals surface area contributed by atoms with Crippen LogP contribution in [0.2, 0.25) is 0 Å². The van der Waals surface area contributed by atoms with Crippen LogP contribution in [0.3, 0.4) is 0 Å². The van der Waals surface area contributed by atoms with Crippen molar-refractivity contribution in [3.05, 3.63) is 34.9 Å². The van der Waals surface area contributed by atoms with Crippen LogP contribution in [-0.4, -0.2) is 29.8 Å². The van der Waals surface area contributed by atoms with Crippen LogP contribution in [0.15, 0.2) is 18.2 Å². The van der Waals surface area contributed by atoms with E-state index in [1.165, 1.54) is 24.0 Å². The van der Waals surface area contributed by atoms with Crippen molar-refractivity contribution in [2.24, 2.45) is 0 Å². The van der Waals surface area contributed by atoms with Gasteiger partial charge in [0.2, 0.25) is 0 Å². The molecule has 0 aromatic heterocycles. The molecular formula is C16H23NO. The van der Waals surface area contributed by atoms with Crippen LogP contribution in [0.4, 0.5) is 0 Å². The number of likely N-dealkylation sites (tertiary alicyclic amines) is 1. The van der Waals surface area contributed by atoms with E-state index in [0.29, 0.717) is 12.5 Å². The summed E-state index contributed by atoms with van der Waals surface area (Å²) in [6.45, 7) is 8.42. The van der Waals surface area contributed by atoms with E-state index in [4.69, 9.17) is 0 Å². The van der Waals surface area contributed by atoms with Crippen molar-refractivity contribution in [2.45, 2.75) is 46.1 Å². The van der Waals surface area contributed by atoms with E-state index in [2.05, 4.69) is 17.9 Å². The summed E-state index contributed by atoms with van der Waals surface area (Å²) in [6.07, 6.45) is 3.20. The molecule has 0 spiro atoms. The summed E-state index contributed by atoms with van der Waals surface area (Å²) in [7, 11) is 0. The second kappa shape index (κ2) is 5.66. The first-order chi connectivity index (χ1) is 8.56. The Balaban J connectivity index is 1.95. The predicted octanol–water partition coefficient (Wildman–Crippen LogP) is 3.36. The molecule has 2 heteroatoms. The standard InChI is InChI=1S/C16H23NO/c1-12-9-13(2)11-15(10-12)16(18)6-8-17-7-4-5-14(17)3/h9-11,14H,4-8H2,1-3H3. The van der Waals surface area contributed by atoms with Crippen LogP contribution < -0.4 is 0 Å². The first kappa shape index (κ1) is 13.3. The molecule has 2 rings (SSSR count). The Labute approximate surface area is 110 Å². The number of ketones is 1. The lowest BCUT2D eigenvalue weighted by molar-refractivity contribution is 0.0963. The summed E-state index contributed by atoms with van der Waals surface area (Å²) in [5.74, 6) is 0.279. The van der Waals surface area contributed by atoms with E-state index in [0.717, 1.165) is 18.7 Å². The number of carbonyl (C=O) groups excluding carboxylic acids is 1. The normalized spacial score (nSPS) is 20.3. The van der Waals surface area contributed by atoms with Gasteiger partial charge in [0.25, 0.3) is 0 Å². The molecule has 0 aliphatic carbocycles. The number of rotatable bonds is 4. The number of Topliss-reactive ketones (excluding diaryl/α,β-unsaturated/α-hetero) is 1. The molecule has 1 atom stereocenters. The van der Waals surface area contributed by atoms with Crippen molar-refractivity contribution in [1.29, 1.82) is 0 Å². The summed E-state index contributed by atoms with van der Waals surface area (Å²) < 4.78 is 0. The molecule has 0 amide bonds. The third kappa shape index (κ3) is 3.20. The van der Waals surface area contributed by atoms with E-state index in [1.807, 2.05) is 26.0 Å². The minimum atomic E-state index is 0.279. The second-order valence-corrected chi connectivity index (χ2v) is 5.58. The smallest absolute Gasteiger partial charge is 0.164 e. The lowest BCUT2D eigenvalue weighted by atomic mass is 10.0. The topological polar surface area (TPSA) is 20.3 Å². The average Bonchev–Trinajstić information content (AvgIpc) is 2.70. The minimum Gasteiger partial charge on any atom is -0.300 e. The number of hydrogen-bond acceptors (Lipinski definition) is 2. The van der Waals surface area contributed by atoms with Crippen molar-refractivity contribution in [1.82, 2.24) is 4.90 Å². The molecule has 0 radical (unpaired) electrons. The Bertz CT molecular complexity index is 418. The van der Waals surface area contributed by atoms with E-state index in [-0.39, 0.29) is 5.78 Å². The highest BCUT2D eigenvalue weighted by atomic mass is 16.1. The molecule has 0 N–H and O–H groups in total. The zero-order valence-corrected chi connectivity index (χ0v) is 11.7. The van der Waals surface area contributed by atoms with Crippen LogP contribution >= 0.6 is 0 Å². The van der Waals surface area contributed by atoms with Gasteiger partial charge in [-0.25, -0.2) is 0 Å². The first-order valence-corrected chi connectivity index (χ1v) is 6.92. The second-order valence-electron chi connectivity index (χ2n) is 5.58. The lowest BCUT2D eigenvalue weighted by Crippen LogP contribution is -2.29. The Morgan fingerprint density at radius 1 is 1.28 bits per heavy atom. The summed E-state index contributed by atoms with van der Waals surface area (Å²) in [4.78, 5) is 14.6. The van der Waals surface area contributed by atoms with Gasteiger partial charge < -0.3 is 4.90 Å². The molecule has 1 fully saturated rings. The van der Waals surface area contributed by atoms with Crippen molar-refractivity contribution in [3.63, 3.8) is 0 Å². The molecule has 2 nitrogen and oxygen atoms in total. The molecule has 1 saturated heterocycles. The summed E-state index contributed by atoms with van der Waals surface area (Å²) in [5.41, 5.74) is 3.22. The Morgan fingerprint density at radius 2 is 1.94 bits per heavy atom. The molecule has 1 aliphatic heterocycles. The van der Waals surface area contributed by atoms with Gasteiger partial charge in [-0.1, -0.05) is 17.2 Å². The number of carbonyl (C=O) groups is 1. The van der Waals surface area contributed by atoms with E-state index in [1.54, 1.807) is 0 Å². The Hall–Kier alpha value is -1.15. The number of aryl methyl sites for hydroxylation is 2. The van der Waals surface area contributed by atoms with Gasteiger partial charge in [-0.15, -0.1) is 0 Å². The highest BCUT2D eigenvalue weighted by molar-refractivity contribution is 5.96. The van der Waals surface area contributed by atoms with Crippen LogP contribution in [-0.2, 0) is 0 Å². The molecule has 98 valence electrons. The van der Waals surface area contributed by atoms with Gasteiger partial charge in [0.1, 0.15) is 0 Å². The highest BCUT2D eigenvalue weighted by Gasteiger charge is 2.20. The van der Waals surface area contributed by atoms with E-state index in [9.17, 15) is 4.79 Å². The maximum Gasteiger partial charge on any atom is 0.164 e. The van der Waals surface area contributed by atoms with E-state index < -0.39 is 0 Å². The number of nitrogens with zero attached hydrogens (tertiary/aromatic N) is 1. The summed E-state index contributed by atoms with van der Waals surface area (Å²) in [6, 6.07) is 6.77. The fraction of sp³-hybridized carbons (Fsp3) is 0.562. The molecule has 1 unspecified atom stereocenters. The van der Waals surface area contributed by atoms with Crippen LogP contribution in [0.1, 0.15) is 47.7 Å². The molecule has 1 heterocycles. The van der Waals surface area contributed by atoms with Crippen molar-refractivity contribution < 1.29 is 4.79 Å². The van der Waals surface area contributed by atoms with Crippen molar-refractivity contribution in [2.75, 3.05) is 13.1 Å². The van der Waals surface area contributed by atoms with Gasteiger partial charge in [-0.2, -0.15) is 0 Å². The average molecular weight is 245 g/mol. The fourth-order valence-corrected chi connectivity index (χ4v) is 2.85. The molecule has 0 saturated carbocycles. The first-order valence-electron chi connectivity index (χ1n) is 6.92. The summed E-state index contributed by atoms with van der Waals surface area (Å²) in [5, 5.41) is 0. The van der Waals surface area contributed by atoms with Crippen molar-refractivity contribution >= 4 is 5.78 Å². The van der Waals surface area contributed by atoms with Gasteiger partial charge in [-0.3, -0.25) is 4.79 Å². The molecule has 0 bridgehead atoms. The maximum atomic E-state index is 12.2. The zero-order valence-electron chi connectivity index (χ0n) is 11.7. The van der Waals surface area contributed by atoms with Crippen LogP contribution in [0.25, 0.3) is 0 Å². The quantitative estimate of drug-likeness (QED) is 0.758. The molecule has 18 heavy (non-hydrogen) atoms. The largest absolute Gasteiger partial charge is 0.300 e. The van der Waals surface area contributed by atoms with Gasteiger partial charge in [0, 0.05) is 24.6 Å². The fourth-order valence-electron chi connectivity index (χ4n) is 2.85. The summed E-state index contributed by atoms with van der Waals surface area (Å²) >= 11 is 0. The number of hydrogen-bond donors (Lipinski definition) is 0. The van der Waals surface area contributed by atoms with Gasteiger partial charge >= 0.3 is 0 Å².